The summed E-state index contributed by atoms with van der Waals surface area (Å²) in [4.78, 5) is 6.13. The predicted molar refractivity (Wildman–Crippen MR) is 110 cm³/mol. The normalized spacial score (nSPS) is 15.9. The lowest BCUT2D eigenvalue weighted by Gasteiger charge is -2.21. The summed E-state index contributed by atoms with van der Waals surface area (Å²) in [6, 6.07) is 6.30. The van der Waals surface area contributed by atoms with Crippen molar-refractivity contribution in [3.8, 4) is 0 Å². The zero-order valence-corrected chi connectivity index (χ0v) is 17.2. The summed E-state index contributed by atoms with van der Waals surface area (Å²) in [7, 11) is 0. The predicted octanol–water partition coefficient (Wildman–Crippen LogP) is 5.37. The second-order valence-corrected chi connectivity index (χ2v) is 7.39. The molecule has 3 rings (SSSR count). The average Bonchev–Trinajstić information content (AvgIpc) is 2.91. The molecule has 8 heteroatoms. The highest BCUT2D eigenvalue weighted by Crippen LogP contribution is 2.30. The van der Waals surface area contributed by atoms with Crippen molar-refractivity contribution in [3.63, 3.8) is 0 Å². The number of nitrogens with zero attached hydrogens (tertiary/aromatic N) is 1. The van der Waals surface area contributed by atoms with Crippen LogP contribution in [0.4, 0.5) is 5.13 Å². The molecule has 0 radical (unpaired) electrons. The van der Waals surface area contributed by atoms with Gasteiger partial charge in [-0.2, -0.15) is 0 Å². The van der Waals surface area contributed by atoms with E-state index in [1.165, 1.54) is 17.0 Å². The van der Waals surface area contributed by atoms with E-state index in [2.05, 4.69) is 17.6 Å². The molecule has 134 valence electrons. The Kier molecular flexibility index (Phi) is 9.13. The van der Waals surface area contributed by atoms with E-state index in [0.717, 1.165) is 30.1 Å². The second-order valence-electron chi connectivity index (χ2n) is 5.49. The zero-order chi connectivity index (χ0) is 15.5. The van der Waals surface area contributed by atoms with Gasteiger partial charge in [-0.25, -0.2) is 4.98 Å². The minimum absolute atomic E-state index is 0. The number of anilines is 1. The molecule has 3 nitrogen and oxygen atoms in total. The quantitative estimate of drug-likeness (QED) is 0.671. The number of hydrogen-bond acceptors (Lipinski definition) is 4. The minimum atomic E-state index is 0. The van der Waals surface area contributed by atoms with Crippen LogP contribution in [0.15, 0.2) is 18.2 Å². The van der Waals surface area contributed by atoms with Crippen LogP contribution in [-0.2, 0) is 19.4 Å². The Morgan fingerprint density at radius 3 is 2.75 bits per heavy atom. The molecule has 1 aromatic heterocycles. The summed E-state index contributed by atoms with van der Waals surface area (Å²) in [5.41, 5.74) is 2.36. The molecule has 1 heterocycles. The van der Waals surface area contributed by atoms with Gasteiger partial charge in [-0.15, -0.1) is 36.2 Å². The van der Waals surface area contributed by atoms with Crippen LogP contribution >= 0.6 is 59.4 Å². The molecule has 24 heavy (non-hydrogen) atoms. The summed E-state index contributed by atoms with van der Waals surface area (Å²) >= 11 is 13.8. The van der Waals surface area contributed by atoms with Gasteiger partial charge in [0.25, 0.3) is 0 Å². The van der Waals surface area contributed by atoms with Gasteiger partial charge in [0.15, 0.2) is 5.13 Å². The number of rotatable bonds is 5. The van der Waals surface area contributed by atoms with Crippen LogP contribution in [0.5, 0.6) is 0 Å². The molecule has 2 N–H and O–H groups in total. The van der Waals surface area contributed by atoms with Gasteiger partial charge in [-0.1, -0.05) is 36.2 Å². The number of nitrogens with one attached hydrogen (secondary N) is 2. The number of fused-ring (bicyclic) bond motifs is 1. The van der Waals surface area contributed by atoms with Crippen LogP contribution < -0.4 is 10.6 Å². The highest BCUT2D eigenvalue weighted by molar-refractivity contribution is 7.15. The van der Waals surface area contributed by atoms with E-state index in [0.29, 0.717) is 22.6 Å². The third kappa shape index (κ3) is 5.38. The summed E-state index contributed by atoms with van der Waals surface area (Å²) in [6.45, 7) is 3.90. The molecule has 0 fully saturated rings. The minimum Gasteiger partial charge on any atom is -0.357 e. The van der Waals surface area contributed by atoms with Gasteiger partial charge in [0.05, 0.1) is 15.7 Å². The first-order valence-electron chi connectivity index (χ1n) is 7.55. The summed E-state index contributed by atoms with van der Waals surface area (Å²) < 4.78 is 0. The number of benzene rings is 1. The number of aryl methyl sites for hydroxylation is 1. The van der Waals surface area contributed by atoms with E-state index >= 15 is 0 Å². The molecule has 0 spiro atoms. The van der Waals surface area contributed by atoms with Crippen LogP contribution in [0.3, 0.4) is 0 Å². The van der Waals surface area contributed by atoms with E-state index in [4.69, 9.17) is 28.2 Å². The summed E-state index contributed by atoms with van der Waals surface area (Å²) in [6.07, 6.45) is 3.34. The van der Waals surface area contributed by atoms with Crippen LogP contribution in [0.2, 0.25) is 10.0 Å². The maximum Gasteiger partial charge on any atom is 0.183 e. The van der Waals surface area contributed by atoms with E-state index in [9.17, 15) is 0 Å². The Balaban J connectivity index is 0.00000144. The maximum atomic E-state index is 6.04. The average molecular weight is 429 g/mol. The molecule has 1 unspecified atom stereocenters. The molecule has 0 saturated carbocycles. The number of halogens is 4. The van der Waals surface area contributed by atoms with Gasteiger partial charge < -0.3 is 10.6 Å². The van der Waals surface area contributed by atoms with Gasteiger partial charge in [0, 0.05) is 17.5 Å². The first kappa shape index (κ1) is 21.8. The third-order valence-electron chi connectivity index (χ3n) is 3.86. The Bertz CT molecular complexity index is 663. The number of hydrogen-bond donors (Lipinski definition) is 2. The largest absolute Gasteiger partial charge is 0.357 e. The SMILES string of the molecule is CCNC1CCc2nc(NCc3ccc(Cl)c(Cl)c3)sc2C1.Cl.Cl. The lowest BCUT2D eigenvalue weighted by molar-refractivity contribution is 0.471. The lowest BCUT2D eigenvalue weighted by Crippen LogP contribution is -2.33. The molecule has 0 bridgehead atoms. The smallest absolute Gasteiger partial charge is 0.183 e. The topological polar surface area (TPSA) is 37.0 Å². The van der Waals surface area contributed by atoms with Crippen LogP contribution in [0, 0.1) is 0 Å². The lowest BCUT2D eigenvalue weighted by atomic mass is 9.98. The Labute approximate surface area is 169 Å². The van der Waals surface area contributed by atoms with Crippen LogP contribution in [0.25, 0.3) is 0 Å². The van der Waals surface area contributed by atoms with Gasteiger partial charge >= 0.3 is 0 Å². The first-order valence-corrected chi connectivity index (χ1v) is 9.12. The second kappa shape index (κ2) is 10.0. The molecular weight excluding hydrogens is 408 g/mol. The molecule has 1 aromatic carbocycles. The monoisotopic (exact) mass is 427 g/mol. The molecule has 1 atom stereocenters. The van der Waals surface area contributed by atoms with Crippen molar-refractivity contribution in [3.05, 3.63) is 44.4 Å². The van der Waals surface area contributed by atoms with Crippen molar-refractivity contribution < 1.29 is 0 Å². The highest BCUT2D eigenvalue weighted by atomic mass is 35.5. The Morgan fingerprint density at radius 1 is 1.25 bits per heavy atom. The molecular formula is C16H21Cl4N3S. The van der Waals surface area contributed by atoms with Crippen molar-refractivity contribution in [1.29, 1.82) is 0 Å². The van der Waals surface area contributed by atoms with Gasteiger partial charge in [0.2, 0.25) is 0 Å². The molecule has 0 amide bonds. The number of aromatic nitrogens is 1. The fourth-order valence-electron chi connectivity index (χ4n) is 2.74. The first-order chi connectivity index (χ1) is 10.7. The van der Waals surface area contributed by atoms with E-state index in [1.807, 2.05) is 18.2 Å². The van der Waals surface area contributed by atoms with Gasteiger partial charge in [0.1, 0.15) is 0 Å². The molecule has 0 saturated heterocycles. The van der Waals surface area contributed by atoms with Crippen molar-refractivity contribution >= 4 is 64.5 Å². The van der Waals surface area contributed by atoms with E-state index in [-0.39, 0.29) is 24.8 Å². The number of likely N-dealkylation sites (N-methyl/N-ethyl adjacent to an activating group) is 1. The maximum absolute atomic E-state index is 6.04. The molecule has 2 aromatic rings. The van der Waals surface area contributed by atoms with Crippen LogP contribution in [0.1, 0.15) is 29.5 Å². The summed E-state index contributed by atoms with van der Waals surface area (Å²) in [5, 5.41) is 9.10. The Morgan fingerprint density at radius 2 is 2.04 bits per heavy atom. The van der Waals surface area contributed by atoms with Gasteiger partial charge in [-0.3, -0.25) is 0 Å². The van der Waals surface area contributed by atoms with E-state index in [1.54, 1.807) is 11.3 Å². The third-order valence-corrected chi connectivity index (χ3v) is 5.68. The molecule has 1 aliphatic carbocycles. The zero-order valence-electron chi connectivity index (χ0n) is 13.3. The highest BCUT2D eigenvalue weighted by Gasteiger charge is 2.21. The fourth-order valence-corrected chi connectivity index (χ4v) is 4.15. The van der Waals surface area contributed by atoms with Crippen LogP contribution in [-0.4, -0.2) is 17.6 Å². The van der Waals surface area contributed by atoms with E-state index < -0.39 is 0 Å². The standard InChI is InChI=1S/C16H19Cl2N3S.2ClH/c1-2-19-11-4-6-14-15(8-11)22-16(21-14)20-9-10-3-5-12(17)13(18)7-10;;/h3,5,7,11,19H,2,4,6,8-9H2,1H3,(H,20,21);2*1H. The van der Waals surface area contributed by atoms with Crippen molar-refractivity contribution in [2.75, 3.05) is 11.9 Å². The fraction of sp³-hybridized carbons (Fsp3) is 0.438. The van der Waals surface area contributed by atoms with Crippen molar-refractivity contribution in [2.24, 2.45) is 0 Å². The Hall–Kier alpha value is -0.230. The molecule has 0 aliphatic heterocycles. The summed E-state index contributed by atoms with van der Waals surface area (Å²) in [5.74, 6) is 0. The van der Waals surface area contributed by atoms with Crippen molar-refractivity contribution in [1.82, 2.24) is 10.3 Å². The number of thiazole rings is 1. The van der Waals surface area contributed by atoms with Crippen molar-refractivity contribution in [2.45, 2.75) is 38.8 Å². The van der Waals surface area contributed by atoms with Gasteiger partial charge in [-0.05, 0) is 43.5 Å². The molecule has 1 aliphatic rings.